The van der Waals surface area contributed by atoms with Crippen molar-refractivity contribution < 1.29 is 14.3 Å². The molecule has 3 fully saturated rings. The van der Waals surface area contributed by atoms with E-state index >= 15 is 0 Å². The molecule has 1 saturated carbocycles. The Bertz CT molecular complexity index is 955. The van der Waals surface area contributed by atoms with Crippen LogP contribution in [0.3, 0.4) is 0 Å². The first-order chi connectivity index (χ1) is 15.4. The van der Waals surface area contributed by atoms with Crippen LogP contribution < -0.4 is 5.32 Å². The zero-order valence-corrected chi connectivity index (χ0v) is 19.1. The number of nitrogens with one attached hydrogen (secondary N) is 2. The highest BCUT2D eigenvalue weighted by molar-refractivity contribution is 5.98. The Balaban J connectivity index is 1.24. The van der Waals surface area contributed by atoms with Crippen LogP contribution in [0.4, 0.5) is 4.79 Å². The number of hydrogen-bond acceptors (Lipinski definition) is 3. The van der Waals surface area contributed by atoms with Gasteiger partial charge in [0.2, 0.25) is 0 Å². The molecule has 32 heavy (non-hydrogen) atoms. The summed E-state index contributed by atoms with van der Waals surface area (Å²) in [6, 6.07) is 10.7. The molecule has 7 nitrogen and oxygen atoms in total. The minimum Gasteiger partial charge on any atom is -0.375 e. The summed E-state index contributed by atoms with van der Waals surface area (Å²) in [7, 11) is 0. The van der Waals surface area contributed by atoms with Crippen molar-refractivity contribution in [2.24, 2.45) is 0 Å². The summed E-state index contributed by atoms with van der Waals surface area (Å²) in [5.41, 5.74) is 1.41. The molecule has 7 heteroatoms. The standard InChI is InChI=1S/C25H34N4O3/c1-17(2)26-24(31)29(19-7-8-19)20-9-14-32-25(16-20)10-12-28(13-11-25)23(30)22-15-18-5-3-4-6-21(18)27-22/h3-6,15,17,19-20,27H,7-14,16H2,1-2H3,(H,26,31). The van der Waals surface area contributed by atoms with Crippen LogP contribution in [0.5, 0.6) is 0 Å². The van der Waals surface area contributed by atoms with Crippen molar-refractivity contribution in [3.8, 4) is 0 Å². The topological polar surface area (TPSA) is 77.7 Å². The Morgan fingerprint density at radius 1 is 1.16 bits per heavy atom. The number of benzene rings is 1. The Kier molecular flexibility index (Phi) is 5.61. The van der Waals surface area contributed by atoms with Gasteiger partial charge >= 0.3 is 6.03 Å². The molecular formula is C25H34N4O3. The summed E-state index contributed by atoms with van der Waals surface area (Å²) in [6.45, 7) is 6.06. The van der Waals surface area contributed by atoms with Crippen molar-refractivity contribution in [2.45, 2.75) is 76.1 Å². The van der Waals surface area contributed by atoms with Crippen molar-refractivity contribution >= 4 is 22.8 Å². The van der Waals surface area contributed by atoms with Crippen LogP contribution in [0.15, 0.2) is 30.3 Å². The quantitative estimate of drug-likeness (QED) is 0.760. The second kappa shape index (κ2) is 8.43. The predicted octanol–water partition coefficient (Wildman–Crippen LogP) is 3.90. The van der Waals surface area contributed by atoms with Crippen LogP contribution in [0.1, 0.15) is 62.9 Å². The molecule has 1 aliphatic carbocycles. The van der Waals surface area contributed by atoms with Gasteiger partial charge in [-0.15, -0.1) is 0 Å². The van der Waals surface area contributed by atoms with Crippen molar-refractivity contribution in [2.75, 3.05) is 19.7 Å². The van der Waals surface area contributed by atoms with Gasteiger partial charge in [-0.2, -0.15) is 0 Å². The van der Waals surface area contributed by atoms with Gasteiger partial charge < -0.3 is 24.8 Å². The molecular weight excluding hydrogens is 404 g/mol. The van der Waals surface area contributed by atoms with E-state index in [1.54, 1.807) is 0 Å². The largest absolute Gasteiger partial charge is 0.375 e. The summed E-state index contributed by atoms with van der Waals surface area (Å²) < 4.78 is 6.33. The smallest absolute Gasteiger partial charge is 0.318 e. The fraction of sp³-hybridized carbons (Fsp3) is 0.600. The molecule has 1 spiro atoms. The lowest BCUT2D eigenvalue weighted by atomic mass is 9.81. The zero-order valence-electron chi connectivity index (χ0n) is 19.1. The first-order valence-electron chi connectivity index (χ1n) is 12.0. The second-order valence-corrected chi connectivity index (χ2v) is 9.98. The molecule has 0 bridgehead atoms. The average molecular weight is 439 g/mol. The molecule has 1 aromatic heterocycles. The molecule has 1 unspecified atom stereocenters. The van der Waals surface area contributed by atoms with E-state index in [0.717, 1.165) is 49.4 Å². The number of rotatable bonds is 4. The number of para-hydroxylation sites is 1. The molecule has 3 amide bonds. The van der Waals surface area contributed by atoms with Crippen LogP contribution in [-0.2, 0) is 4.74 Å². The van der Waals surface area contributed by atoms with Gasteiger partial charge in [0.25, 0.3) is 5.91 Å². The lowest BCUT2D eigenvalue weighted by Crippen LogP contribution is -2.57. The second-order valence-electron chi connectivity index (χ2n) is 9.98. The van der Waals surface area contributed by atoms with Crippen LogP contribution in [0.2, 0.25) is 0 Å². The van der Waals surface area contributed by atoms with Crippen LogP contribution in [0, 0.1) is 0 Å². The summed E-state index contributed by atoms with van der Waals surface area (Å²) in [4.78, 5) is 33.3. The summed E-state index contributed by atoms with van der Waals surface area (Å²) in [5, 5.41) is 4.15. The average Bonchev–Trinajstić information content (AvgIpc) is 3.50. The summed E-state index contributed by atoms with van der Waals surface area (Å²) >= 11 is 0. The monoisotopic (exact) mass is 438 g/mol. The molecule has 0 radical (unpaired) electrons. The first kappa shape index (κ1) is 21.3. The van der Waals surface area contributed by atoms with Gasteiger partial charge in [-0.3, -0.25) is 4.79 Å². The number of hydrogen-bond donors (Lipinski definition) is 2. The number of carbonyl (C=O) groups excluding carboxylic acids is 2. The summed E-state index contributed by atoms with van der Waals surface area (Å²) in [5.74, 6) is 0.0549. The van der Waals surface area contributed by atoms with Gasteiger partial charge in [0, 0.05) is 48.7 Å². The van der Waals surface area contributed by atoms with Crippen molar-refractivity contribution in [3.63, 3.8) is 0 Å². The van der Waals surface area contributed by atoms with Gasteiger partial charge in [0.15, 0.2) is 0 Å². The lowest BCUT2D eigenvalue weighted by molar-refractivity contribution is -0.126. The third-order valence-corrected chi connectivity index (χ3v) is 7.17. The van der Waals surface area contributed by atoms with E-state index in [4.69, 9.17) is 4.74 Å². The van der Waals surface area contributed by atoms with E-state index < -0.39 is 0 Å². The number of ether oxygens (including phenoxy) is 1. The van der Waals surface area contributed by atoms with E-state index in [2.05, 4.69) is 15.2 Å². The maximum atomic E-state index is 13.1. The Hall–Kier alpha value is -2.54. The van der Waals surface area contributed by atoms with Crippen LogP contribution in [0.25, 0.3) is 10.9 Å². The molecule has 2 saturated heterocycles. The maximum absolute atomic E-state index is 13.1. The van der Waals surface area contributed by atoms with Crippen molar-refractivity contribution in [1.82, 2.24) is 20.1 Å². The van der Waals surface area contributed by atoms with Gasteiger partial charge in [0.05, 0.1) is 5.60 Å². The third kappa shape index (κ3) is 4.22. The number of aromatic nitrogens is 1. The number of fused-ring (bicyclic) bond motifs is 1. The first-order valence-corrected chi connectivity index (χ1v) is 12.0. The maximum Gasteiger partial charge on any atom is 0.318 e. The fourth-order valence-corrected chi connectivity index (χ4v) is 5.37. The highest BCUT2D eigenvalue weighted by Gasteiger charge is 2.46. The molecule has 1 aromatic carbocycles. The molecule has 172 valence electrons. The summed E-state index contributed by atoms with van der Waals surface area (Å²) in [6.07, 6.45) is 5.59. The molecule has 1 atom stereocenters. The third-order valence-electron chi connectivity index (χ3n) is 7.17. The number of amides is 3. The molecule has 2 aliphatic heterocycles. The number of urea groups is 1. The van der Waals surface area contributed by atoms with Crippen molar-refractivity contribution in [3.05, 3.63) is 36.0 Å². The Labute approximate surface area is 189 Å². The van der Waals surface area contributed by atoms with Gasteiger partial charge in [-0.05, 0) is 64.5 Å². The number of likely N-dealkylation sites (tertiary alicyclic amines) is 1. The molecule has 3 heterocycles. The highest BCUT2D eigenvalue weighted by Crippen LogP contribution is 2.40. The van der Waals surface area contributed by atoms with E-state index in [1.165, 1.54) is 0 Å². The molecule has 2 aromatic rings. The zero-order chi connectivity index (χ0) is 22.3. The predicted molar refractivity (Wildman–Crippen MR) is 124 cm³/mol. The minimum atomic E-state index is -0.231. The van der Waals surface area contributed by atoms with E-state index in [1.807, 2.05) is 49.1 Å². The van der Waals surface area contributed by atoms with Crippen molar-refractivity contribution in [1.29, 1.82) is 0 Å². The highest BCUT2D eigenvalue weighted by atomic mass is 16.5. The number of H-pyrrole nitrogens is 1. The number of nitrogens with zero attached hydrogens (tertiary/aromatic N) is 2. The van der Waals surface area contributed by atoms with Crippen LogP contribution in [-0.4, -0.2) is 70.1 Å². The molecule has 2 N–H and O–H groups in total. The lowest BCUT2D eigenvalue weighted by Gasteiger charge is -2.48. The minimum absolute atomic E-state index is 0.0549. The van der Waals surface area contributed by atoms with E-state index in [9.17, 15) is 9.59 Å². The van der Waals surface area contributed by atoms with Gasteiger partial charge in [-0.25, -0.2) is 4.79 Å². The Morgan fingerprint density at radius 2 is 1.91 bits per heavy atom. The van der Waals surface area contributed by atoms with E-state index in [0.29, 0.717) is 31.4 Å². The SMILES string of the molecule is CC(C)NC(=O)N(C1CC1)C1CCOC2(CCN(C(=O)c3cc4ccccc4[nH]3)CC2)C1. The normalized spacial score (nSPS) is 23.0. The van der Waals surface area contributed by atoms with Gasteiger partial charge in [0.1, 0.15) is 5.69 Å². The number of aromatic amines is 1. The number of carbonyl (C=O) groups is 2. The van der Waals surface area contributed by atoms with E-state index in [-0.39, 0.29) is 29.6 Å². The van der Waals surface area contributed by atoms with Gasteiger partial charge in [-0.1, -0.05) is 18.2 Å². The number of piperidine rings is 1. The molecule has 5 rings (SSSR count). The molecule has 3 aliphatic rings. The fourth-order valence-electron chi connectivity index (χ4n) is 5.37. The Morgan fingerprint density at radius 3 is 2.59 bits per heavy atom. The van der Waals surface area contributed by atoms with Crippen LogP contribution >= 0.6 is 0 Å².